The van der Waals surface area contributed by atoms with Gasteiger partial charge in [0, 0.05) is 0 Å². The van der Waals surface area contributed by atoms with Crippen molar-refractivity contribution in [3.05, 3.63) is 35.9 Å². The van der Waals surface area contributed by atoms with Crippen molar-refractivity contribution in [1.82, 2.24) is 0 Å². The molecule has 3 heteroatoms. The summed E-state index contributed by atoms with van der Waals surface area (Å²) in [4.78, 5) is 0. The van der Waals surface area contributed by atoms with Gasteiger partial charge in [-0.3, -0.25) is 0 Å². The van der Waals surface area contributed by atoms with E-state index in [1.54, 1.807) is 0 Å². The highest BCUT2D eigenvalue weighted by Gasteiger charge is 2.19. The second kappa shape index (κ2) is 5.83. The van der Waals surface area contributed by atoms with Crippen molar-refractivity contribution >= 4 is 23.5 Å². The summed E-state index contributed by atoms with van der Waals surface area (Å²) in [6, 6.07) is 9.96. The summed E-state index contributed by atoms with van der Waals surface area (Å²) in [5, 5.41) is 10.0. The van der Waals surface area contributed by atoms with Gasteiger partial charge in [0.2, 0.25) is 0 Å². The fraction of sp³-hybridized carbons (Fsp3) is 0.500. The second-order valence-electron chi connectivity index (χ2n) is 3.69. The molecule has 1 aliphatic rings. The first-order valence-electron chi connectivity index (χ1n) is 5.32. The van der Waals surface area contributed by atoms with Gasteiger partial charge in [-0.05, 0) is 29.9 Å². The fourth-order valence-corrected chi connectivity index (χ4v) is 4.60. The van der Waals surface area contributed by atoms with Gasteiger partial charge in [-0.25, -0.2) is 0 Å². The molecule has 0 amide bonds. The Balaban J connectivity index is 1.88. The molecule has 82 valence electrons. The van der Waals surface area contributed by atoms with Gasteiger partial charge in [0.05, 0.1) is 10.7 Å². The van der Waals surface area contributed by atoms with Gasteiger partial charge < -0.3 is 5.11 Å². The van der Waals surface area contributed by atoms with Crippen LogP contribution in [0.5, 0.6) is 0 Å². The van der Waals surface area contributed by atoms with E-state index in [2.05, 4.69) is 0 Å². The number of benzene rings is 1. The zero-order chi connectivity index (χ0) is 10.5. The summed E-state index contributed by atoms with van der Waals surface area (Å²) in [6.45, 7) is 0. The maximum absolute atomic E-state index is 10.0. The molecule has 1 aromatic carbocycles. The van der Waals surface area contributed by atoms with Crippen LogP contribution < -0.4 is 0 Å². The van der Waals surface area contributed by atoms with E-state index in [-0.39, 0.29) is 6.10 Å². The minimum absolute atomic E-state index is 0.297. The fourth-order valence-electron chi connectivity index (χ4n) is 1.67. The Morgan fingerprint density at radius 2 is 1.87 bits per heavy atom. The highest BCUT2D eigenvalue weighted by atomic mass is 32.2. The van der Waals surface area contributed by atoms with Crippen molar-refractivity contribution in [3.63, 3.8) is 0 Å². The van der Waals surface area contributed by atoms with Crippen LogP contribution in [-0.2, 0) is 0 Å². The van der Waals surface area contributed by atoms with Gasteiger partial charge in [0.25, 0.3) is 0 Å². The van der Waals surface area contributed by atoms with Crippen molar-refractivity contribution in [2.75, 3.05) is 11.5 Å². The molecule has 1 atom stereocenters. The Hall–Kier alpha value is -0.120. The van der Waals surface area contributed by atoms with E-state index in [9.17, 15) is 5.11 Å². The van der Waals surface area contributed by atoms with Crippen molar-refractivity contribution in [1.29, 1.82) is 0 Å². The van der Waals surface area contributed by atoms with Crippen molar-refractivity contribution in [2.45, 2.75) is 23.5 Å². The van der Waals surface area contributed by atoms with Crippen LogP contribution in [0.1, 0.15) is 24.5 Å². The maximum Gasteiger partial charge on any atom is 0.0808 e. The Morgan fingerprint density at radius 1 is 1.20 bits per heavy atom. The lowest BCUT2D eigenvalue weighted by Gasteiger charge is -2.23. The third-order valence-electron chi connectivity index (χ3n) is 2.50. The molecule has 0 aliphatic carbocycles. The molecule has 15 heavy (non-hydrogen) atoms. The molecule has 1 aromatic rings. The summed E-state index contributed by atoms with van der Waals surface area (Å²) in [5.74, 6) is 2.50. The summed E-state index contributed by atoms with van der Waals surface area (Å²) in [7, 11) is 0. The number of aliphatic hydroxyl groups is 1. The van der Waals surface area contributed by atoms with Crippen molar-refractivity contribution < 1.29 is 5.11 Å². The van der Waals surface area contributed by atoms with Gasteiger partial charge in [-0.2, -0.15) is 0 Å². The Bertz CT molecular complexity index is 283. The molecule has 1 heterocycles. The molecule has 1 saturated heterocycles. The van der Waals surface area contributed by atoms with E-state index in [4.69, 9.17) is 0 Å². The van der Waals surface area contributed by atoms with E-state index in [1.165, 1.54) is 17.9 Å². The van der Waals surface area contributed by atoms with Gasteiger partial charge >= 0.3 is 0 Å². The number of thioether (sulfide) groups is 2. The van der Waals surface area contributed by atoms with Crippen LogP contribution in [0.25, 0.3) is 0 Å². The van der Waals surface area contributed by atoms with E-state index >= 15 is 0 Å². The zero-order valence-corrected chi connectivity index (χ0v) is 10.3. The molecular formula is C12H16OS2. The molecule has 0 aromatic heterocycles. The molecule has 0 spiro atoms. The monoisotopic (exact) mass is 240 g/mol. The SMILES string of the molecule is O[C@@H](CC1SCCCS1)c1ccccc1. The van der Waals surface area contributed by atoms with Gasteiger partial charge in [-0.15, -0.1) is 23.5 Å². The van der Waals surface area contributed by atoms with E-state index in [0.29, 0.717) is 4.58 Å². The molecule has 1 N–H and O–H groups in total. The minimum atomic E-state index is -0.297. The number of hydrogen-bond acceptors (Lipinski definition) is 3. The number of rotatable bonds is 3. The Labute approximate surface area is 99.7 Å². The van der Waals surface area contributed by atoms with E-state index < -0.39 is 0 Å². The third-order valence-corrected chi connectivity index (χ3v) is 5.49. The molecule has 0 saturated carbocycles. The lowest BCUT2D eigenvalue weighted by Crippen LogP contribution is -2.11. The number of hydrogen-bond donors (Lipinski definition) is 1. The van der Waals surface area contributed by atoms with Crippen LogP contribution in [0.15, 0.2) is 30.3 Å². The predicted molar refractivity (Wildman–Crippen MR) is 69.3 cm³/mol. The highest BCUT2D eigenvalue weighted by molar-refractivity contribution is 8.17. The molecule has 1 nitrogen and oxygen atoms in total. The molecule has 0 unspecified atom stereocenters. The molecule has 1 fully saturated rings. The zero-order valence-electron chi connectivity index (χ0n) is 8.63. The first kappa shape index (κ1) is 11.4. The summed E-state index contributed by atoms with van der Waals surface area (Å²) < 4.78 is 0.578. The van der Waals surface area contributed by atoms with E-state index in [1.807, 2.05) is 53.9 Å². The van der Waals surface area contributed by atoms with Crippen molar-refractivity contribution in [3.8, 4) is 0 Å². The van der Waals surface area contributed by atoms with Crippen LogP contribution in [-0.4, -0.2) is 21.2 Å². The Morgan fingerprint density at radius 3 is 2.53 bits per heavy atom. The van der Waals surface area contributed by atoms with Crippen molar-refractivity contribution in [2.24, 2.45) is 0 Å². The molecule has 2 rings (SSSR count). The van der Waals surface area contributed by atoms with Gasteiger partial charge in [0.1, 0.15) is 0 Å². The van der Waals surface area contributed by atoms with Crippen LogP contribution in [0.2, 0.25) is 0 Å². The smallest absolute Gasteiger partial charge is 0.0808 e. The lowest BCUT2D eigenvalue weighted by molar-refractivity contribution is 0.173. The first-order valence-corrected chi connectivity index (χ1v) is 7.42. The lowest BCUT2D eigenvalue weighted by atomic mass is 10.1. The Kier molecular flexibility index (Phi) is 4.42. The van der Waals surface area contributed by atoms with Gasteiger partial charge in [0.15, 0.2) is 0 Å². The first-order chi connectivity index (χ1) is 7.36. The molecule has 1 aliphatic heterocycles. The van der Waals surface area contributed by atoms with Gasteiger partial charge in [-0.1, -0.05) is 30.3 Å². The van der Waals surface area contributed by atoms with Crippen LogP contribution >= 0.6 is 23.5 Å². The number of aliphatic hydroxyl groups excluding tert-OH is 1. The van der Waals surface area contributed by atoms with Crippen LogP contribution in [0.3, 0.4) is 0 Å². The maximum atomic E-state index is 10.0. The summed E-state index contributed by atoms with van der Waals surface area (Å²) in [5.41, 5.74) is 1.05. The predicted octanol–water partition coefficient (Wildman–Crippen LogP) is 3.31. The third kappa shape index (κ3) is 3.44. The average molecular weight is 240 g/mol. The summed E-state index contributed by atoms with van der Waals surface area (Å²) >= 11 is 3.98. The average Bonchev–Trinajstić information content (AvgIpc) is 2.31. The minimum Gasteiger partial charge on any atom is -0.388 e. The second-order valence-corrected chi connectivity index (χ2v) is 6.61. The standard InChI is InChI=1S/C12H16OS2/c13-11(10-5-2-1-3-6-10)9-12-14-7-4-8-15-12/h1-3,5-6,11-13H,4,7-9H2/t11-/m0/s1. The summed E-state index contributed by atoms with van der Waals surface area (Å²) in [6.07, 6.45) is 1.89. The molecule has 0 bridgehead atoms. The van der Waals surface area contributed by atoms with Crippen LogP contribution in [0.4, 0.5) is 0 Å². The normalized spacial score (nSPS) is 20.1. The van der Waals surface area contributed by atoms with Crippen LogP contribution in [0, 0.1) is 0 Å². The topological polar surface area (TPSA) is 20.2 Å². The largest absolute Gasteiger partial charge is 0.388 e. The molecular weight excluding hydrogens is 224 g/mol. The highest BCUT2D eigenvalue weighted by Crippen LogP contribution is 2.36. The van der Waals surface area contributed by atoms with E-state index in [0.717, 1.165) is 12.0 Å². The molecule has 0 radical (unpaired) electrons. The quantitative estimate of drug-likeness (QED) is 0.875.